The van der Waals surface area contributed by atoms with Gasteiger partial charge in [-0.1, -0.05) is 0 Å². The second kappa shape index (κ2) is 10.4. The van der Waals surface area contributed by atoms with Crippen LogP contribution in [-0.2, 0) is 17.6 Å². The van der Waals surface area contributed by atoms with E-state index in [0.717, 1.165) is 16.0 Å². The molecular formula is C26H28N4O4. The number of carbonyl (C=O) groups excluding carboxylic acids is 2. The number of aryl methyl sites for hydroxylation is 2. The Morgan fingerprint density at radius 1 is 0.912 bits per heavy atom. The molecule has 1 atom stereocenters. The number of aromatic nitrogens is 2. The van der Waals surface area contributed by atoms with Crippen LogP contribution in [-0.4, -0.2) is 39.8 Å². The maximum atomic E-state index is 14.0. The fourth-order valence-electron chi connectivity index (χ4n) is 4.29. The summed E-state index contributed by atoms with van der Waals surface area (Å²) < 4.78 is 5.48. The number of nitrogens with one attached hydrogen (secondary N) is 1. The Hall–Kier alpha value is -3.78. The lowest BCUT2D eigenvalue weighted by molar-refractivity contribution is -0.139. The minimum absolute atomic E-state index is 0.357. The average molecular weight is 461 g/mol. The molecule has 1 aromatic carbocycles. The second-order valence-corrected chi connectivity index (χ2v) is 8.29. The smallest absolute Gasteiger partial charge is 0.330 e. The zero-order valence-corrected chi connectivity index (χ0v) is 19.1. The Labute approximate surface area is 198 Å². The van der Waals surface area contributed by atoms with Gasteiger partial charge in [-0.2, -0.15) is 0 Å². The van der Waals surface area contributed by atoms with Crippen LogP contribution in [0.25, 0.3) is 0 Å². The van der Waals surface area contributed by atoms with Crippen LogP contribution in [0.3, 0.4) is 0 Å². The Kier molecular flexibility index (Phi) is 7.18. The number of anilines is 1. The van der Waals surface area contributed by atoms with Gasteiger partial charge in [-0.3, -0.25) is 14.8 Å². The molecule has 0 radical (unpaired) electrons. The number of aliphatic hydroxyl groups is 1. The molecule has 1 saturated heterocycles. The van der Waals surface area contributed by atoms with E-state index in [-0.39, 0.29) is 0 Å². The Bertz CT molecular complexity index is 1060. The quantitative estimate of drug-likeness (QED) is 0.506. The highest BCUT2D eigenvalue weighted by molar-refractivity contribution is 6.18. The molecule has 8 heteroatoms. The zero-order chi connectivity index (χ0) is 24.0. The van der Waals surface area contributed by atoms with Crippen molar-refractivity contribution in [3.05, 3.63) is 84.4 Å². The van der Waals surface area contributed by atoms with Crippen LogP contribution in [0.2, 0.25) is 0 Å². The number of hydrogen-bond acceptors (Lipinski definition) is 6. The van der Waals surface area contributed by atoms with Crippen molar-refractivity contribution in [1.29, 1.82) is 0 Å². The number of amides is 3. The maximum Gasteiger partial charge on any atom is 0.330 e. The predicted octanol–water partition coefficient (Wildman–Crippen LogP) is 3.50. The highest BCUT2D eigenvalue weighted by atomic mass is 16.5. The summed E-state index contributed by atoms with van der Waals surface area (Å²) in [7, 11) is 0. The maximum absolute atomic E-state index is 14.0. The SMILES string of the molecule is CCOc1ccc(N2C(=O)NC(O)C(CCc3ccncc3)(CCc3ccncc3)C2=O)cc1. The molecule has 1 aliphatic rings. The Morgan fingerprint density at radius 2 is 1.44 bits per heavy atom. The number of nitrogens with zero attached hydrogens (tertiary/aromatic N) is 3. The second-order valence-electron chi connectivity index (χ2n) is 8.29. The van der Waals surface area contributed by atoms with Crippen molar-refractivity contribution < 1.29 is 19.4 Å². The van der Waals surface area contributed by atoms with Gasteiger partial charge < -0.3 is 15.2 Å². The van der Waals surface area contributed by atoms with Crippen LogP contribution in [0, 0.1) is 5.41 Å². The topological polar surface area (TPSA) is 105 Å². The third kappa shape index (κ3) is 4.92. The minimum atomic E-state index is -1.31. The first-order valence-electron chi connectivity index (χ1n) is 11.4. The Balaban J connectivity index is 1.66. The van der Waals surface area contributed by atoms with Gasteiger partial charge in [0.25, 0.3) is 0 Å². The predicted molar refractivity (Wildman–Crippen MR) is 127 cm³/mol. The van der Waals surface area contributed by atoms with E-state index in [4.69, 9.17) is 4.74 Å². The number of ether oxygens (including phenoxy) is 1. The molecule has 0 aliphatic carbocycles. The van der Waals surface area contributed by atoms with Crippen molar-refractivity contribution in [3.8, 4) is 5.75 Å². The summed E-state index contributed by atoms with van der Waals surface area (Å²) in [5.74, 6) is 0.230. The molecule has 3 heterocycles. The highest BCUT2D eigenvalue weighted by Crippen LogP contribution is 2.39. The van der Waals surface area contributed by atoms with E-state index < -0.39 is 23.6 Å². The summed E-state index contributed by atoms with van der Waals surface area (Å²) in [6.45, 7) is 2.40. The molecule has 34 heavy (non-hydrogen) atoms. The van der Waals surface area contributed by atoms with Gasteiger partial charge in [0.05, 0.1) is 17.7 Å². The average Bonchev–Trinajstić information content (AvgIpc) is 2.86. The molecule has 1 fully saturated rings. The molecule has 0 saturated carbocycles. The summed E-state index contributed by atoms with van der Waals surface area (Å²) in [4.78, 5) is 36.0. The van der Waals surface area contributed by atoms with E-state index in [0.29, 0.717) is 43.7 Å². The first-order valence-corrected chi connectivity index (χ1v) is 11.4. The molecular weight excluding hydrogens is 432 g/mol. The fraction of sp³-hybridized carbons (Fsp3) is 0.308. The minimum Gasteiger partial charge on any atom is -0.494 e. The van der Waals surface area contributed by atoms with Crippen molar-refractivity contribution in [1.82, 2.24) is 15.3 Å². The first kappa shape index (κ1) is 23.4. The number of benzene rings is 1. The molecule has 0 bridgehead atoms. The first-order chi connectivity index (χ1) is 16.5. The number of urea groups is 1. The summed E-state index contributed by atoms with van der Waals surface area (Å²) >= 11 is 0. The summed E-state index contributed by atoms with van der Waals surface area (Å²) in [6, 6.07) is 13.7. The van der Waals surface area contributed by atoms with Gasteiger partial charge >= 0.3 is 6.03 Å². The zero-order valence-electron chi connectivity index (χ0n) is 19.1. The van der Waals surface area contributed by atoms with Crippen LogP contribution < -0.4 is 15.0 Å². The van der Waals surface area contributed by atoms with E-state index >= 15 is 0 Å². The molecule has 4 rings (SSSR count). The number of rotatable bonds is 9. The normalized spacial score (nSPS) is 17.4. The standard InChI is InChI=1S/C26H28N4O4/c1-2-34-22-5-3-21(4-6-22)30-24(32)26(23(31)29-25(30)33,13-7-19-9-15-27-16-10-19)14-8-20-11-17-28-18-12-20/h3-6,9-12,15-18,23,31H,2,7-8,13-14H2,1H3,(H,29,33). The van der Waals surface area contributed by atoms with Gasteiger partial charge in [-0.25, -0.2) is 9.69 Å². The lowest BCUT2D eigenvalue weighted by Crippen LogP contribution is -2.66. The summed E-state index contributed by atoms with van der Waals surface area (Å²) in [5, 5.41) is 13.7. The monoisotopic (exact) mass is 460 g/mol. The molecule has 0 spiro atoms. The van der Waals surface area contributed by atoms with Crippen molar-refractivity contribution in [2.75, 3.05) is 11.5 Å². The van der Waals surface area contributed by atoms with Gasteiger partial charge in [0, 0.05) is 24.8 Å². The molecule has 3 amide bonds. The van der Waals surface area contributed by atoms with Gasteiger partial charge in [0.1, 0.15) is 12.0 Å². The van der Waals surface area contributed by atoms with Crippen LogP contribution in [0.4, 0.5) is 10.5 Å². The third-order valence-electron chi connectivity index (χ3n) is 6.24. The van der Waals surface area contributed by atoms with E-state index in [9.17, 15) is 14.7 Å². The number of aliphatic hydroxyl groups excluding tert-OH is 1. The largest absolute Gasteiger partial charge is 0.494 e. The van der Waals surface area contributed by atoms with E-state index in [1.165, 1.54) is 0 Å². The van der Waals surface area contributed by atoms with Crippen LogP contribution in [0.1, 0.15) is 30.9 Å². The van der Waals surface area contributed by atoms with Crippen molar-refractivity contribution in [2.24, 2.45) is 5.41 Å². The number of carbonyl (C=O) groups is 2. The molecule has 1 aliphatic heterocycles. The van der Waals surface area contributed by atoms with Gasteiger partial charge in [0.15, 0.2) is 0 Å². The Morgan fingerprint density at radius 3 is 1.94 bits per heavy atom. The molecule has 8 nitrogen and oxygen atoms in total. The molecule has 176 valence electrons. The molecule has 3 aromatic rings. The lowest BCUT2D eigenvalue weighted by Gasteiger charge is -2.44. The fourth-order valence-corrected chi connectivity index (χ4v) is 4.29. The van der Waals surface area contributed by atoms with Crippen molar-refractivity contribution in [2.45, 2.75) is 38.8 Å². The van der Waals surface area contributed by atoms with Gasteiger partial charge in [-0.05, 0) is 92.3 Å². The lowest BCUT2D eigenvalue weighted by atomic mass is 9.73. The van der Waals surface area contributed by atoms with Crippen LogP contribution in [0.15, 0.2) is 73.3 Å². The van der Waals surface area contributed by atoms with E-state index in [2.05, 4.69) is 15.3 Å². The molecule has 1 unspecified atom stereocenters. The van der Waals surface area contributed by atoms with E-state index in [1.807, 2.05) is 31.2 Å². The van der Waals surface area contributed by atoms with Crippen molar-refractivity contribution >= 4 is 17.6 Å². The number of hydrogen-bond donors (Lipinski definition) is 2. The summed E-state index contributed by atoms with van der Waals surface area (Å²) in [5.41, 5.74) is 1.22. The highest BCUT2D eigenvalue weighted by Gasteiger charge is 2.53. The van der Waals surface area contributed by atoms with E-state index in [1.54, 1.807) is 49.1 Å². The number of pyridine rings is 2. The molecule has 2 N–H and O–H groups in total. The van der Waals surface area contributed by atoms with Crippen LogP contribution in [0.5, 0.6) is 5.75 Å². The van der Waals surface area contributed by atoms with Crippen LogP contribution >= 0.6 is 0 Å². The summed E-state index contributed by atoms with van der Waals surface area (Å²) in [6.07, 6.45) is 7.31. The van der Waals surface area contributed by atoms with Gasteiger partial charge in [-0.15, -0.1) is 0 Å². The number of imide groups is 1. The third-order valence-corrected chi connectivity index (χ3v) is 6.24. The van der Waals surface area contributed by atoms with Crippen molar-refractivity contribution in [3.63, 3.8) is 0 Å². The molecule has 2 aromatic heterocycles. The van der Waals surface area contributed by atoms with Gasteiger partial charge in [0.2, 0.25) is 5.91 Å².